The van der Waals surface area contributed by atoms with Crippen molar-refractivity contribution in [1.29, 1.82) is 0 Å². The van der Waals surface area contributed by atoms with Crippen LogP contribution in [0.5, 0.6) is 11.5 Å². The molecule has 2 aromatic carbocycles. The van der Waals surface area contributed by atoms with Crippen molar-refractivity contribution in [2.75, 3.05) is 29.5 Å². The quantitative estimate of drug-likeness (QED) is 0.548. The van der Waals surface area contributed by atoms with Crippen LogP contribution < -0.4 is 13.8 Å². The number of rotatable bonds is 5. The average molecular weight is 420 g/mol. The van der Waals surface area contributed by atoms with Crippen molar-refractivity contribution >= 4 is 33.3 Å². The molecule has 0 amide bonds. The lowest BCUT2D eigenvalue weighted by atomic mass is 10.0. The fourth-order valence-electron chi connectivity index (χ4n) is 3.63. The van der Waals surface area contributed by atoms with E-state index in [0.717, 1.165) is 16.2 Å². The number of ketones is 1. The molecule has 4 rings (SSSR count). The van der Waals surface area contributed by atoms with Gasteiger partial charge in [-0.25, -0.2) is 8.42 Å². The molecule has 0 spiro atoms. The maximum absolute atomic E-state index is 12.7. The van der Waals surface area contributed by atoms with E-state index in [1.807, 2.05) is 31.2 Å². The summed E-state index contributed by atoms with van der Waals surface area (Å²) in [6, 6.07) is 10.8. The SMILES string of the molecule is C[C@@H]1Cc2cc(C(=O)CSc3ccc4c(c3)OCCO4)ccc2N1S(C)(=O)=O. The number of nitrogens with zero attached hydrogens (tertiary/aromatic N) is 1. The molecule has 0 radical (unpaired) electrons. The lowest BCUT2D eigenvalue weighted by molar-refractivity contribution is 0.102. The first-order valence-corrected chi connectivity index (χ1v) is 11.8. The van der Waals surface area contributed by atoms with Gasteiger partial charge in [-0.2, -0.15) is 0 Å². The summed E-state index contributed by atoms with van der Waals surface area (Å²) in [6.07, 6.45) is 1.82. The highest BCUT2D eigenvalue weighted by atomic mass is 32.2. The summed E-state index contributed by atoms with van der Waals surface area (Å²) in [5.41, 5.74) is 2.17. The zero-order valence-electron chi connectivity index (χ0n) is 15.7. The van der Waals surface area contributed by atoms with Gasteiger partial charge in [-0.1, -0.05) is 0 Å². The molecule has 0 bridgehead atoms. The molecule has 8 heteroatoms. The lowest BCUT2D eigenvalue weighted by Gasteiger charge is -2.21. The second-order valence-corrected chi connectivity index (χ2v) is 9.88. The summed E-state index contributed by atoms with van der Waals surface area (Å²) in [6.45, 7) is 2.95. The van der Waals surface area contributed by atoms with Crippen molar-refractivity contribution in [2.24, 2.45) is 0 Å². The summed E-state index contributed by atoms with van der Waals surface area (Å²) in [4.78, 5) is 13.6. The Labute approximate surface area is 168 Å². The monoisotopic (exact) mass is 419 g/mol. The van der Waals surface area contributed by atoms with Crippen LogP contribution in [0.2, 0.25) is 0 Å². The van der Waals surface area contributed by atoms with Gasteiger partial charge in [0.2, 0.25) is 10.0 Å². The van der Waals surface area contributed by atoms with Gasteiger partial charge in [-0.05, 0) is 55.3 Å². The molecule has 2 aliphatic rings. The van der Waals surface area contributed by atoms with Crippen molar-refractivity contribution < 1.29 is 22.7 Å². The molecule has 148 valence electrons. The number of hydrogen-bond acceptors (Lipinski definition) is 6. The molecule has 1 atom stereocenters. The predicted molar refractivity (Wildman–Crippen MR) is 109 cm³/mol. The van der Waals surface area contributed by atoms with Crippen LogP contribution in [-0.4, -0.2) is 45.5 Å². The maximum atomic E-state index is 12.7. The predicted octanol–water partition coefficient (Wildman–Crippen LogP) is 3.14. The van der Waals surface area contributed by atoms with E-state index in [1.165, 1.54) is 22.3 Å². The van der Waals surface area contributed by atoms with Gasteiger partial charge >= 0.3 is 0 Å². The van der Waals surface area contributed by atoms with E-state index in [0.29, 0.717) is 42.4 Å². The highest BCUT2D eigenvalue weighted by Crippen LogP contribution is 2.36. The average Bonchev–Trinajstić information content (AvgIpc) is 3.01. The van der Waals surface area contributed by atoms with Crippen LogP contribution in [0, 0.1) is 0 Å². The van der Waals surface area contributed by atoms with Crippen molar-refractivity contribution in [3.8, 4) is 11.5 Å². The number of carbonyl (C=O) groups is 1. The molecule has 0 aromatic heterocycles. The van der Waals surface area contributed by atoms with Gasteiger partial charge in [0.05, 0.1) is 17.7 Å². The molecular formula is C20H21NO5S2. The summed E-state index contributed by atoms with van der Waals surface area (Å²) in [5, 5.41) is 0. The Morgan fingerprint density at radius 3 is 2.64 bits per heavy atom. The highest BCUT2D eigenvalue weighted by molar-refractivity contribution is 8.00. The fourth-order valence-corrected chi connectivity index (χ4v) is 5.71. The number of ether oxygens (including phenoxy) is 2. The van der Waals surface area contributed by atoms with Gasteiger partial charge < -0.3 is 9.47 Å². The third-order valence-corrected chi connectivity index (χ3v) is 7.06. The number of carbonyl (C=O) groups excluding carboxylic acids is 1. The zero-order valence-corrected chi connectivity index (χ0v) is 17.3. The Hall–Kier alpha value is -2.19. The molecule has 0 saturated carbocycles. The molecule has 0 unspecified atom stereocenters. The van der Waals surface area contributed by atoms with Gasteiger partial charge in [0, 0.05) is 16.5 Å². The summed E-state index contributed by atoms with van der Waals surface area (Å²) in [5.74, 6) is 1.73. The molecule has 0 N–H and O–H groups in total. The van der Waals surface area contributed by atoms with Crippen LogP contribution in [0.25, 0.3) is 0 Å². The number of thioether (sulfide) groups is 1. The second-order valence-electron chi connectivity index (χ2n) is 6.97. The van der Waals surface area contributed by atoms with E-state index in [1.54, 1.807) is 12.1 Å². The molecule has 0 aliphatic carbocycles. The lowest BCUT2D eigenvalue weighted by Crippen LogP contribution is -2.34. The van der Waals surface area contributed by atoms with E-state index in [9.17, 15) is 13.2 Å². The largest absolute Gasteiger partial charge is 0.486 e. The smallest absolute Gasteiger partial charge is 0.232 e. The van der Waals surface area contributed by atoms with Gasteiger partial charge in [0.1, 0.15) is 13.2 Å². The second kappa shape index (κ2) is 7.33. The van der Waals surface area contributed by atoms with Crippen molar-refractivity contribution in [3.63, 3.8) is 0 Å². The van der Waals surface area contributed by atoms with E-state index in [-0.39, 0.29) is 11.8 Å². The minimum absolute atomic E-state index is 0.00754. The van der Waals surface area contributed by atoms with Crippen LogP contribution >= 0.6 is 11.8 Å². The zero-order chi connectivity index (χ0) is 19.9. The maximum Gasteiger partial charge on any atom is 0.232 e. The van der Waals surface area contributed by atoms with Crippen molar-refractivity contribution in [2.45, 2.75) is 24.3 Å². The van der Waals surface area contributed by atoms with Gasteiger partial charge in [-0.15, -0.1) is 11.8 Å². The minimum atomic E-state index is -3.33. The Morgan fingerprint density at radius 1 is 1.14 bits per heavy atom. The molecule has 28 heavy (non-hydrogen) atoms. The van der Waals surface area contributed by atoms with Crippen LogP contribution in [0.15, 0.2) is 41.3 Å². The number of Topliss-reactive ketones (excluding diaryl/α,β-unsaturated/α-hetero) is 1. The van der Waals surface area contributed by atoms with Crippen molar-refractivity contribution in [3.05, 3.63) is 47.5 Å². The summed E-state index contributed by atoms with van der Waals surface area (Å²) < 4.78 is 36.6. The number of anilines is 1. The van der Waals surface area contributed by atoms with Crippen LogP contribution in [0.4, 0.5) is 5.69 Å². The third-order valence-electron chi connectivity index (χ3n) is 4.80. The van der Waals surface area contributed by atoms with Crippen LogP contribution in [0.3, 0.4) is 0 Å². The van der Waals surface area contributed by atoms with Gasteiger partial charge in [-0.3, -0.25) is 9.10 Å². The number of fused-ring (bicyclic) bond motifs is 2. The number of benzene rings is 2. The first-order valence-electron chi connectivity index (χ1n) is 9.01. The van der Waals surface area contributed by atoms with Gasteiger partial charge in [0.15, 0.2) is 17.3 Å². The standard InChI is InChI=1S/C20H21NO5S2/c1-13-9-15-10-14(3-5-17(15)21(13)28(2,23)24)18(22)12-27-16-4-6-19-20(11-16)26-8-7-25-19/h3-6,10-11,13H,7-9,12H2,1-2H3/t13-/m1/s1. The normalized spacial score (nSPS) is 18.1. The topological polar surface area (TPSA) is 72.9 Å². The molecule has 6 nitrogen and oxygen atoms in total. The third kappa shape index (κ3) is 3.71. The van der Waals surface area contributed by atoms with E-state index in [2.05, 4.69) is 0 Å². The van der Waals surface area contributed by atoms with E-state index >= 15 is 0 Å². The Balaban J connectivity index is 1.47. The minimum Gasteiger partial charge on any atom is -0.486 e. The fraction of sp³-hybridized carbons (Fsp3) is 0.350. The number of sulfonamides is 1. The molecule has 0 saturated heterocycles. The highest BCUT2D eigenvalue weighted by Gasteiger charge is 2.32. The first kappa shape index (κ1) is 19.1. The molecule has 2 aliphatic heterocycles. The molecule has 2 heterocycles. The van der Waals surface area contributed by atoms with E-state index < -0.39 is 10.0 Å². The van der Waals surface area contributed by atoms with Crippen molar-refractivity contribution in [1.82, 2.24) is 0 Å². The molecule has 2 aromatic rings. The van der Waals surface area contributed by atoms with Crippen LogP contribution in [0.1, 0.15) is 22.8 Å². The van der Waals surface area contributed by atoms with Gasteiger partial charge in [0.25, 0.3) is 0 Å². The Kier molecular flexibility index (Phi) is 5.01. The Bertz CT molecular complexity index is 1030. The number of hydrogen-bond donors (Lipinski definition) is 0. The van der Waals surface area contributed by atoms with Crippen LogP contribution in [-0.2, 0) is 16.4 Å². The Morgan fingerprint density at radius 2 is 1.89 bits per heavy atom. The summed E-state index contributed by atoms with van der Waals surface area (Å²) >= 11 is 1.44. The first-order chi connectivity index (χ1) is 13.3. The molecule has 0 fully saturated rings. The molecular weight excluding hydrogens is 398 g/mol. The van der Waals surface area contributed by atoms with E-state index in [4.69, 9.17) is 9.47 Å². The summed E-state index contributed by atoms with van der Waals surface area (Å²) in [7, 11) is -3.33.